The highest BCUT2D eigenvalue weighted by Gasteiger charge is 2.09. The van der Waals surface area contributed by atoms with Crippen LogP contribution in [0.1, 0.15) is 27.2 Å². The molecule has 0 aliphatic carbocycles. The van der Waals surface area contributed by atoms with E-state index in [0.717, 1.165) is 6.42 Å². The van der Waals surface area contributed by atoms with E-state index in [0.29, 0.717) is 30.8 Å². The SMILES string of the molecule is CCCOc1cncc(NCC(Cl)C(C)C)n1. The summed E-state index contributed by atoms with van der Waals surface area (Å²) < 4.78 is 5.40. The van der Waals surface area contributed by atoms with Gasteiger partial charge in [-0.2, -0.15) is 4.98 Å². The lowest BCUT2D eigenvalue weighted by molar-refractivity contribution is 0.304. The lowest BCUT2D eigenvalue weighted by atomic mass is 10.1. The van der Waals surface area contributed by atoms with E-state index < -0.39 is 0 Å². The van der Waals surface area contributed by atoms with Crippen LogP contribution < -0.4 is 10.1 Å². The number of nitrogens with one attached hydrogen (secondary N) is 1. The number of halogens is 1. The third kappa shape index (κ3) is 5.22. The minimum Gasteiger partial charge on any atom is -0.477 e. The van der Waals surface area contributed by atoms with Crippen LogP contribution in [-0.4, -0.2) is 28.5 Å². The van der Waals surface area contributed by atoms with E-state index in [1.807, 2.05) is 0 Å². The summed E-state index contributed by atoms with van der Waals surface area (Å²) in [4.78, 5) is 8.35. The molecule has 1 aromatic rings. The molecule has 0 amide bonds. The fourth-order valence-electron chi connectivity index (χ4n) is 1.15. The van der Waals surface area contributed by atoms with Crippen molar-refractivity contribution in [3.63, 3.8) is 0 Å². The Balaban J connectivity index is 2.48. The zero-order valence-corrected chi connectivity index (χ0v) is 11.4. The maximum absolute atomic E-state index is 6.15. The van der Waals surface area contributed by atoms with Crippen molar-refractivity contribution in [3.05, 3.63) is 12.4 Å². The molecule has 0 saturated heterocycles. The van der Waals surface area contributed by atoms with E-state index >= 15 is 0 Å². The van der Waals surface area contributed by atoms with E-state index in [1.165, 1.54) is 0 Å². The van der Waals surface area contributed by atoms with Gasteiger partial charge in [0.05, 0.1) is 24.4 Å². The highest BCUT2D eigenvalue weighted by molar-refractivity contribution is 6.21. The largest absolute Gasteiger partial charge is 0.477 e. The van der Waals surface area contributed by atoms with E-state index in [4.69, 9.17) is 16.3 Å². The Labute approximate surface area is 108 Å². The van der Waals surface area contributed by atoms with E-state index in [2.05, 4.69) is 36.1 Å². The van der Waals surface area contributed by atoms with Gasteiger partial charge in [-0.1, -0.05) is 20.8 Å². The molecule has 0 fully saturated rings. The van der Waals surface area contributed by atoms with Crippen LogP contribution in [-0.2, 0) is 0 Å². The Morgan fingerprint density at radius 1 is 1.41 bits per heavy atom. The van der Waals surface area contributed by atoms with Gasteiger partial charge >= 0.3 is 0 Å². The molecule has 1 atom stereocenters. The van der Waals surface area contributed by atoms with Crippen LogP contribution >= 0.6 is 11.6 Å². The molecule has 0 aliphatic rings. The Bertz CT molecular complexity index is 333. The number of ether oxygens (including phenoxy) is 1. The topological polar surface area (TPSA) is 47.0 Å². The van der Waals surface area contributed by atoms with Crippen molar-refractivity contribution < 1.29 is 4.74 Å². The molecule has 0 saturated carbocycles. The van der Waals surface area contributed by atoms with E-state index in [1.54, 1.807) is 12.4 Å². The number of nitrogens with zero attached hydrogens (tertiary/aromatic N) is 2. The second-order valence-electron chi connectivity index (χ2n) is 4.23. The van der Waals surface area contributed by atoms with Crippen LogP contribution in [0.4, 0.5) is 5.82 Å². The number of rotatable bonds is 7. The molecule has 17 heavy (non-hydrogen) atoms. The molecule has 1 N–H and O–H groups in total. The highest BCUT2D eigenvalue weighted by Crippen LogP contribution is 2.12. The smallest absolute Gasteiger partial charge is 0.234 e. The van der Waals surface area contributed by atoms with Gasteiger partial charge in [0.25, 0.3) is 0 Å². The third-order valence-electron chi connectivity index (χ3n) is 2.27. The zero-order valence-electron chi connectivity index (χ0n) is 10.6. The zero-order chi connectivity index (χ0) is 12.7. The van der Waals surface area contributed by atoms with Crippen LogP contribution in [0, 0.1) is 5.92 Å². The predicted octanol–water partition coefficient (Wildman–Crippen LogP) is 2.94. The Morgan fingerprint density at radius 3 is 2.82 bits per heavy atom. The van der Waals surface area contributed by atoms with Crippen molar-refractivity contribution in [2.45, 2.75) is 32.6 Å². The molecule has 1 rings (SSSR count). The van der Waals surface area contributed by atoms with Crippen molar-refractivity contribution in [1.29, 1.82) is 0 Å². The molecule has 0 bridgehead atoms. The Morgan fingerprint density at radius 2 is 2.18 bits per heavy atom. The van der Waals surface area contributed by atoms with Gasteiger partial charge in [0.15, 0.2) is 0 Å². The minimum atomic E-state index is 0.0806. The lowest BCUT2D eigenvalue weighted by Crippen LogP contribution is -2.20. The van der Waals surface area contributed by atoms with Gasteiger partial charge in [-0.15, -0.1) is 11.6 Å². The first kappa shape index (κ1) is 14.0. The average molecular weight is 258 g/mol. The van der Waals surface area contributed by atoms with Crippen LogP contribution in [0.15, 0.2) is 12.4 Å². The summed E-state index contributed by atoms with van der Waals surface area (Å²) in [6.45, 7) is 7.56. The van der Waals surface area contributed by atoms with Gasteiger partial charge < -0.3 is 10.1 Å². The lowest BCUT2D eigenvalue weighted by Gasteiger charge is -2.14. The number of hydrogen-bond acceptors (Lipinski definition) is 4. The summed E-state index contributed by atoms with van der Waals surface area (Å²) in [6.07, 6.45) is 4.24. The quantitative estimate of drug-likeness (QED) is 0.763. The maximum atomic E-state index is 6.15. The third-order valence-corrected chi connectivity index (χ3v) is 2.93. The molecule has 1 heterocycles. The highest BCUT2D eigenvalue weighted by atomic mass is 35.5. The van der Waals surface area contributed by atoms with E-state index in [-0.39, 0.29) is 5.38 Å². The Kier molecular flexibility index (Phi) is 6.05. The first-order valence-electron chi connectivity index (χ1n) is 5.96. The summed E-state index contributed by atoms with van der Waals surface area (Å²) in [5.41, 5.74) is 0. The molecule has 0 aromatic carbocycles. The standard InChI is InChI=1S/C12H20ClN3O/c1-4-5-17-12-8-14-7-11(16-12)15-6-10(13)9(2)3/h7-10H,4-6H2,1-3H3,(H,15,16). The monoisotopic (exact) mass is 257 g/mol. The number of aromatic nitrogens is 2. The molecular weight excluding hydrogens is 238 g/mol. The van der Waals surface area contributed by atoms with Crippen molar-refractivity contribution in [3.8, 4) is 5.88 Å². The van der Waals surface area contributed by atoms with Gasteiger partial charge in [0.2, 0.25) is 5.88 Å². The minimum absolute atomic E-state index is 0.0806. The first-order chi connectivity index (χ1) is 8.13. The number of hydrogen-bond donors (Lipinski definition) is 1. The van der Waals surface area contributed by atoms with Crippen molar-refractivity contribution in [2.75, 3.05) is 18.5 Å². The van der Waals surface area contributed by atoms with Crippen molar-refractivity contribution in [1.82, 2.24) is 9.97 Å². The number of alkyl halides is 1. The predicted molar refractivity (Wildman–Crippen MR) is 70.8 cm³/mol. The normalized spacial score (nSPS) is 12.5. The van der Waals surface area contributed by atoms with Crippen LogP contribution in [0.2, 0.25) is 0 Å². The molecule has 5 heteroatoms. The molecular formula is C12H20ClN3O. The molecule has 1 unspecified atom stereocenters. The maximum Gasteiger partial charge on any atom is 0.234 e. The molecule has 4 nitrogen and oxygen atoms in total. The van der Waals surface area contributed by atoms with Crippen LogP contribution in [0.3, 0.4) is 0 Å². The van der Waals surface area contributed by atoms with Gasteiger partial charge in [-0.25, -0.2) is 0 Å². The van der Waals surface area contributed by atoms with Crippen LogP contribution in [0.5, 0.6) is 5.88 Å². The molecule has 0 radical (unpaired) electrons. The first-order valence-corrected chi connectivity index (χ1v) is 6.40. The van der Waals surface area contributed by atoms with Gasteiger partial charge in [0, 0.05) is 6.54 Å². The molecule has 0 aliphatic heterocycles. The van der Waals surface area contributed by atoms with Crippen molar-refractivity contribution >= 4 is 17.4 Å². The summed E-state index contributed by atoms with van der Waals surface area (Å²) in [5.74, 6) is 1.68. The van der Waals surface area contributed by atoms with Crippen LogP contribution in [0.25, 0.3) is 0 Å². The summed E-state index contributed by atoms with van der Waals surface area (Å²) in [5, 5.41) is 3.24. The fourth-order valence-corrected chi connectivity index (χ4v) is 1.22. The second-order valence-corrected chi connectivity index (χ2v) is 4.79. The average Bonchev–Trinajstić information content (AvgIpc) is 2.33. The van der Waals surface area contributed by atoms with Gasteiger partial charge in [-0.3, -0.25) is 4.98 Å². The molecule has 96 valence electrons. The Hall–Kier alpha value is -1.03. The summed E-state index contributed by atoms with van der Waals surface area (Å²) in [6, 6.07) is 0. The fraction of sp³-hybridized carbons (Fsp3) is 0.667. The van der Waals surface area contributed by atoms with Gasteiger partial charge in [0.1, 0.15) is 5.82 Å². The number of anilines is 1. The summed E-state index contributed by atoms with van der Waals surface area (Å²) in [7, 11) is 0. The van der Waals surface area contributed by atoms with Gasteiger partial charge in [-0.05, 0) is 12.3 Å². The van der Waals surface area contributed by atoms with Crippen molar-refractivity contribution in [2.24, 2.45) is 5.92 Å². The molecule has 0 spiro atoms. The summed E-state index contributed by atoms with van der Waals surface area (Å²) >= 11 is 6.15. The molecule has 1 aromatic heterocycles. The van der Waals surface area contributed by atoms with E-state index in [9.17, 15) is 0 Å². The second kappa shape index (κ2) is 7.33.